The summed E-state index contributed by atoms with van der Waals surface area (Å²) in [5, 5.41) is 0. The van der Waals surface area contributed by atoms with Crippen LogP contribution in [-0.4, -0.2) is 19.0 Å². The van der Waals surface area contributed by atoms with Gasteiger partial charge in [-0.25, -0.2) is 0 Å². The smallest absolute Gasteiger partial charge is 0.0682 e. The zero-order valence-electron chi connectivity index (χ0n) is 5.72. The Hall–Kier alpha value is 0.310. The molecule has 1 nitrogen and oxygen atoms in total. The molecule has 0 aromatic carbocycles. The normalized spacial score (nSPS) is 14.6. The van der Waals surface area contributed by atoms with Gasteiger partial charge in [0.2, 0.25) is 0 Å². The van der Waals surface area contributed by atoms with Crippen LogP contribution >= 0.6 is 12.6 Å². The molecule has 0 radical (unpaired) electrons. The zero-order chi connectivity index (χ0) is 6.57. The molecule has 0 fully saturated rings. The Kier molecular flexibility index (Phi) is 4.38. The van der Waals surface area contributed by atoms with E-state index in [2.05, 4.69) is 26.5 Å². The first-order valence-electron chi connectivity index (χ1n) is 2.86. The van der Waals surface area contributed by atoms with Crippen LogP contribution in [0.2, 0.25) is 0 Å². The van der Waals surface area contributed by atoms with E-state index in [0.717, 1.165) is 5.75 Å². The van der Waals surface area contributed by atoms with Gasteiger partial charge >= 0.3 is 0 Å². The molecule has 0 bridgehead atoms. The Morgan fingerprint density at radius 1 is 1.50 bits per heavy atom. The molecule has 0 N–H and O–H groups in total. The summed E-state index contributed by atoms with van der Waals surface area (Å²) in [5.41, 5.74) is 0. The molecule has 1 unspecified atom stereocenters. The summed E-state index contributed by atoms with van der Waals surface area (Å²) in [6.07, 6.45) is 0.318. The highest BCUT2D eigenvalue weighted by Gasteiger charge is 2.07. The van der Waals surface area contributed by atoms with E-state index in [4.69, 9.17) is 4.74 Å². The molecule has 2 heteroatoms. The van der Waals surface area contributed by atoms with Crippen LogP contribution in [0.3, 0.4) is 0 Å². The molecule has 0 spiro atoms. The third-order valence-corrected chi connectivity index (χ3v) is 1.59. The molecule has 0 amide bonds. The van der Waals surface area contributed by atoms with Crippen LogP contribution < -0.4 is 0 Å². The largest absolute Gasteiger partial charge is 0.380 e. The standard InChI is InChI=1S/C6H14OS/c1-5(2)6(4-8)7-3/h5-6,8H,4H2,1-3H3. The number of hydrogen-bond acceptors (Lipinski definition) is 2. The minimum atomic E-state index is 0.318. The highest BCUT2D eigenvalue weighted by Crippen LogP contribution is 2.05. The number of methoxy groups -OCH3 is 1. The van der Waals surface area contributed by atoms with Gasteiger partial charge in [-0.1, -0.05) is 13.8 Å². The van der Waals surface area contributed by atoms with Crippen molar-refractivity contribution in [2.75, 3.05) is 12.9 Å². The van der Waals surface area contributed by atoms with E-state index in [1.54, 1.807) is 7.11 Å². The van der Waals surface area contributed by atoms with Gasteiger partial charge in [0, 0.05) is 12.9 Å². The number of ether oxygens (including phenoxy) is 1. The quantitative estimate of drug-likeness (QED) is 0.577. The average Bonchev–Trinajstić information content (AvgIpc) is 1.69. The second-order valence-electron chi connectivity index (χ2n) is 2.20. The fraction of sp³-hybridized carbons (Fsp3) is 1.00. The molecule has 0 saturated carbocycles. The summed E-state index contributed by atoms with van der Waals surface area (Å²) in [7, 11) is 1.72. The number of thiol groups is 1. The van der Waals surface area contributed by atoms with Gasteiger partial charge in [-0.15, -0.1) is 0 Å². The van der Waals surface area contributed by atoms with Gasteiger partial charge in [0.15, 0.2) is 0 Å². The van der Waals surface area contributed by atoms with Crippen molar-refractivity contribution in [2.24, 2.45) is 5.92 Å². The lowest BCUT2D eigenvalue weighted by atomic mass is 10.1. The summed E-state index contributed by atoms with van der Waals surface area (Å²) in [4.78, 5) is 0. The SMILES string of the molecule is COC(CS)C(C)C. The van der Waals surface area contributed by atoms with Crippen molar-refractivity contribution in [3.05, 3.63) is 0 Å². The van der Waals surface area contributed by atoms with Crippen molar-refractivity contribution in [1.29, 1.82) is 0 Å². The van der Waals surface area contributed by atoms with Gasteiger partial charge < -0.3 is 4.74 Å². The van der Waals surface area contributed by atoms with Gasteiger partial charge in [0.05, 0.1) is 6.10 Å². The molecule has 0 saturated heterocycles. The molecule has 50 valence electrons. The minimum absolute atomic E-state index is 0.318. The van der Waals surface area contributed by atoms with E-state index in [-0.39, 0.29) is 0 Å². The fourth-order valence-electron chi connectivity index (χ4n) is 0.558. The number of hydrogen-bond donors (Lipinski definition) is 1. The maximum Gasteiger partial charge on any atom is 0.0682 e. The van der Waals surface area contributed by atoms with Crippen molar-refractivity contribution >= 4 is 12.6 Å². The van der Waals surface area contributed by atoms with E-state index >= 15 is 0 Å². The second kappa shape index (κ2) is 4.21. The van der Waals surface area contributed by atoms with Gasteiger partial charge in [0.1, 0.15) is 0 Å². The monoisotopic (exact) mass is 134 g/mol. The molecule has 8 heavy (non-hydrogen) atoms. The van der Waals surface area contributed by atoms with Gasteiger partial charge in [-0.2, -0.15) is 12.6 Å². The Labute approximate surface area is 56.8 Å². The minimum Gasteiger partial charge on any atom is -0.380 e. The summed E-state index contributed by atoms with van der Waals surface area (Å²) in [6.45, 7) is 4.26. The van der Waals surface area contributed by atoms with Gasteiger partial charge in [-0.05, 0) is 5.92 Å². The second-order valence-corrected chi connectivity index (χ2v) is 2.57. The van der Waals surface area contributed by atoms with Crippen LogP contribution in [0.4, 0.5) is 0 Å². The molecule has 0 aliphatic carbocycles. The first kappa shape index (κ1) is 8.31. The predicted molar refractivity (Wildman–Crippen MR) is 39.5 cm³/mol. The number of rotatable bonds is 3. The van der Waals surface area contributed by atoms with Crippen molar-refractivity contribution in [3.63, 3.8) is 0 Å². The lowest BCUT2D eigenvalue weighted by Crippen LogP contribution is -2.19. The maximum atomic E-state index is 5.08. The molecular weight excluding hydrogens is 120 g/mol. The average molecular weight is 134 g/mol. The topological polar surface area (TPSA) is 9.23 Å². The van der Waals surface area contributed by atoms with E-state index in [1.807, 2.05) is 0 Å². The van der Waals surface area contributed by atoms with Crippen LogP contribution in [0.1, 0.15) is 13.8 Å². The molecule has 0 heterocycles. The fourth-order valence-corrected chi connectivity index (χ4v) is 1.13. The van der Waals surface area contributed by atoms with Crippen LogP contribution in [0, 0.1) is 5.92 Å². The van der Waals surface area contributed by atoms with Crippen LogP contribution in [0.15, 0.2) is 0 Å². The predicted octanol–water partition coefficient (Wildman–Crippen LogP) is 1.59. The maximum absolute atomic E-state index is 5.08. The van der Waals surface area contributed by atoms with Crippen molar-refractivity contribution in [1.82, 2.24) is 0 Å². The molecule has 0 rings (SSSR count). The molecule has 0 aromatic rings. The molecule has 0 aliphatic rings. The Balaban J connectivity index is 3.35. The molecule has 0 aliphatic heterocycles. The molecule has 1 atom stereocenters. The van der Waals surface area contributed by atoms with E-state index in [1.165, 1.54) is 0 Å². The van der Waals surface area contributed by atoms with Crippen molar-refractivity contribution < 1.29 is 4.74 Å². The van der Waals surface area contributed by atoms with E-state index in [0.29, 0.717) is 12.0 Å². The highest BCUT2D eigenvalue weighted by molar-refractivity contribution is 7.80. The van der Waals surface area contributed by atoms with E-state index < -0.39 is 0 Å². The summed E-state index contributed by atoms with van der Waals surface area (Å²) < 4.78 is 5.08. The van der Waals surface area contributed by atoms with Gasteiger partial charge in [0.25, 0.3) is 0 Å². The third kappa shape index (κ3) is 2.58. The first-order valence-corrected chi connectivity index (χ1v) is 3.49. The summed E-state index contributed by atoms with van der Waals surface area (Å²) >= 11 is 4.11. The highest BCUT2D eigenvalue weighted by atomic mass is 32.1. The third-order valence-electron chi connectivity index (χ3n) is 1.23. The van der Waals surface area contributed by atoms with Crippen LogP contribution in [0.25, 0.3) is 0 Å². The van der Waals surface area contributed by atoms with E-state index in [9.17, 15) is 0 Å². The van der Waals surface area contributed by atoms with Gasteiger partial charge in [-0.3, -0.25) is 0 Å². The first-order chi connectivity index (χ1) is 3.72. The zero-order valence-corrected chi connectivity index (χ0v) is 6.61. The molecule has 0 aromatic heterocycles. The summed E-state index contributed by atoms with van der Waals surface area (Å²) in [6, 6.07) is 0. The van der Waals surface area contributed by atoms with Crippen LogP contribution in [0.5, 0.6) is 0 Å². The van der Waals surface area contributed by atoms with Crippen LogP contribution in [-0.2, 0) is 4.74 Å². The Morgan fingerprint density at radius 3 is 2.00 bits per heavy atom. The lowest BCUT2D eigenvalue weighted by molar-refractivity contribution is 0.0846. The Morgan fingerprint density at radius 2 is 2.00 bits per heavy atom. The van der Waals surface area contributed by atoms with Crippen molar-refractivity contribution in [2.45, 2.75) is 20.0 Å². The van der Waals surface area contributed by atoms with Crippen molar-refractivity contribution in [3.8, 4) is 0 Å². The summed E-state index contributed by atoms with van der Waals surface area (Å²) in [5.74, 6) is 1.39. The molecular formula is C6H14OS. The Bertz CT molecular complexity index is 50.5. The lowest BCUT2D eigenvalue weighted by Gasteiger charge is -2.15.